The smallest absolute Gasteiger partial charge is 0.330 e. The maximum Gasteiger partial charge on any atom is 0.330 e. The van der Waals surface area contributed by atoms with Crippen LogP contribution in [-0.4, -0.2) is 63.5 Å². The zero-order chi connectivity index (χ0) is 36.3. The van der Waals surface area contributed by atoms with Gasteiger partial charge in [0.05, 0.1) is 42.3 Å². The van der Waals surface area contributed by atoms with Crippen molar-refractivity contribution in [2.45, 2.75) is 112 Å². The lowest BCUT2D eigenvalue weighted by atomic mass is 9.97. The molecule has 1 saturated heterocycles. The fourth-order valence-electron chi connectivity index (χ4n) is 5.13. The molecular weight excluding hydrogens is 649 g/mol. The zero-order valence-electron chi connectivity index (χ0n) is 29.7. The van der Waals surface area contributed by atoms with Crippen molar-refractivity contribution < 1.29 is 28.1 Å². The molecular formula is C35H50N5O8P. The van der Waals surface area contributed by atoms with E-state index < -0.39 is 43.4 Å². The Balaban J connectivity index is 1.65. The minimum Gasteiger partial charge on any atom is -0.426 e. The van der Waals surface area contributed by atoms with Crippen LogP contribution >= 0.6 is 8.53 Å². The number of nitriles is 1. The third-order valence-corrected chi connectivity index (χ3v) is 9.81. The topological polar surface area (TPSA) is 165 Å². The number of nitrogens with zero attached hydrogens (tertiary/aromatic N) is 3. The Bertz CT molecular complexity index is 1580. The van der Waals surface area contributed by atoms with Gasteiger partial charge in [0, 0.05) is 37.3 Å². The number of ether oxygens (including phenoxy) is 2. The van der Waals surface area contributed by atoms with E-state index in [1.807, 2.05) is 19.1 Å². The van der Waals surface area contributed by atoms with Crippen LogP contribution in [0.2, 0.25) is 0 Å². The number of H-pyrrole nitrogens is 1. The Kier molecular flexibility index (Phi) is 14.9. The highest BCUT2D eigenvalue weighted by Gasteiger charge is 2.40. The van der Waals surface area contributed by atoms with Gasteiger partial charge in [-0.15, -0.1) is 0 Å². The van der Waals surface area contributed by atoms with Crippen molar-refractivity contribution in [3.8, 4) is 11.8 Å². The summed E-state index contributed by atoms with van der Waals surface area (Å²) in [5, 5.41) is 11.8. The first kappa shape index (κ1) is 39.8. The Morgan fingerprint density at radius 2 is 1.86 bits per heavy atom. The first-order valence-electron chi connectivity index (χ1n) is 16.7. The Hall–Kier alpha value is -3.66. The van der Waals surface area contributed by atoms with Gasteiger partial charge in [0.25, 0.3) is 14.1 Å². The van der Waals surface area contributed by atoms with Crippen molar-refractivity contribution >= 4 is 26.5 Å². The first-order valence-corrected chi connectivity index (χ1v) is 17.8. The van der Waals surface area contributed by atoms with E-state index in [9.17, 15) is 19.2 Å². The maximum atomic E-state index is 12.9. The van der Waals surface area contributed by atoms with Crippen LogP contribution in [0.4, 0.5) is 0 Å². The van der Waals surface area contributed by atoms with Crippen molar-refractivity contribution in [3.63, 3.8) is 0 Å². The fourth-order valence-corrected chi connectivity index (χ4v) is 6.89. The summed E-state index contributed by atoms with van der Waals surface area (Å²) in [6, 6.07) is 9.42. The molecule has 1 unspecified atom stereocenters. The van der Waals surface area contributed by atoms with E-state index in [0.717, 1.165) is 5.56 Å². The number of esters is 1. The predicted octanol–water partition coefficient (Wildman–Crippen LogP) is 5.22. The van der Waals surface area contributed by atoms with Crippen molar-refractivity contribution in [2.24, 2.45) is 5.41 Å². The Morgan fingerprint density at radius 3 is 2.45 bits per heavy atom. The molecule has 1 aromatic carbocycles. The molecule has 1 aliphatic rings. The van der Waals surface area contributed by atoms with Gasteiger partial charge in [-0.2, -0.15) is 5.26 Å². The van der Waals surface area contributed by atoms with Gasteiger partial charge in [0.2, 0.25) is 5.91 Å². The zero-order valence-corrected chi connectivity index (χ0v) is 30.6. The number of nitrogens with one attached hydrogen (secondary N) is 2. The number of hydrogen-bond acceptors (Lipinski definition) is 10. The van der Waals surface area contributed by atoms with Crippen molar-refractivity contribution in [1.29, 1.82) is 5.26 Å². The maximum absolute atomic E-state index is 12.9. The SMILES string of the molecule is CC[C@H]1O[C@@H](n2cc(/C=C/C(=O)NCCc3ccc(OC(=O)C(C)(C)C)cc3)c(=O)[nH]c2=O)C[C@H]1OP(OCCC#N)N(C(C)C)C(C)C. The van der Waals surface area contributed by atoms with Crippen LogP contribution in [0.15, 0.2) is 46.1 Å². The Labute approximate surface area is 289 Å². The summed E-state index contributed by atoms with van der Waals surface area (Å²) in [7, 11) is -1.52. The molecule has 268 valence electrons. The summed E-state index contributed by atoms with van der Waals surface area (Å²) >= 11 is 0. The predicted molar refractivity (Wildman–Crippen MR) is 188 cm³/mol. The van der Waals surface area contributed by atoms with E-state index in [1.165, 1.54) is 22.9 Å². The van der Waals surface area contributed by atoms with E-state index in [0.29, 0.717) is 31.6 Å². The van der Waals surface area contributed by atoms with Gasteiger partial charge in [-0.25, -0.2) is 9.46 Å². The van der Waals surface area contributed by atoms with Crippen LogP contribution < -0.4 is 21.3 Å². The minimum absolute atomic E-state index is 0.115. The lowest BCUT2D eigenvalue weighted by Gasteiger charge is -2.37. The highest BCUT2D eigenvalue weighted by atomic mass is 31.2. The van der Waals surface area contributed by atoms with Gasteiger partial charge in [0.1, 0.15) is 12.0 Å². The highest BCUT2D eigenvalue weighted by Crippen LogP contribution is 2.50. The van der Waals surface area contributed by atoms with Gasteiger partial charge in [-0.1, -0.05) is 19.1 Å². The molecule has 4 atom stereocenters. The molecule has 13 nitrogen and oxygen atoms in total. The number of aromatic nitrogens is 2. The molecule has 1 aliphatic heterocycles. The summed E-state index contributed by atoms with van der Waals surface area (Å²) in [6.07, 6.45) is 4.25. The number of carbonyl (C=O) groups excluding carboxylic acids is 2. The molecule has 14 heteroatoms. The third kappa shape index (κ3) is 11.7. The van der Waals surface area contributed by atoms with Crippen molar-refractivity contribution in [3.05, 3.63) is 68.5 Å². The van der Waals surface area contributed by atoms with E-state index in [-0.39, 0.29) is 42.7 Å². The normalized spacial score (nSPS) is 18.7. The molecule has 1 fully saturated rings. The molecule has 2 N–H and O–H groups in total. The van der Waals surface area contributed by atoms with Crippen molar-refractivity contribution in [2.75, 3.05) is 13.2 Å². The molecule has 2 aromatic rings. The number of hydrogen-bond donors (Lipinski definition) is 2. The fraction of sp³-hybridized carbons (Fsp3) is 0.571. The molecule has 49 heavy (non-hydrogen) atoms. The van der Waals surface area contributed by atoms with Crippen LogP contribution in [0.5, 0.6) is 5.75 Å². The number of aromatic amines is 1. The molecule has 0 spiro atoms. The molecule has 0 radical (unpaired) electrons. The summed E-state index contributed by atoms with van der Waals surface area (Å²) in [5.74, 6) is -0.279. The van der Waals surface area contributed by atoms with E-state index >= 15 is 0 Å². The molecule has 1 aromatic heterocycles. The monoisotopic (exact) mass is 699 g/mol. The summed E-state index contributed by atoms with van der Waals surface area (Å²) in [5.41, 5.74) is -0.819. The number of benzene rings is 1. The first-order chi connectivity index (χ1) is 23.1. The van der Waals surface area contributed by atoms with E-state index in [1.54, 1.807) is 32.9 Å². The average molecular weight is 700 g/mol. The molecule has 0 saturated carbocycles. The standard InChI is InChI=1S/C35H50N5O8P/c1-9-28-29(48-49(45-20-10-18-36)40(23(2)3)24(4)5)21-31(47-28)39-22-26(32(42)38-34(39)44)13-16-30(41)37-19-17-25-11-14-27(15-12-25)46-33(43)35(6,7)8/h11-16,22-24,28-29,31H,9-10,17,19-21H2,1-8H3,(H,37,41)(H,38,42,44)/b16-13+/t28-,29-,31-,49?/m1/s1. The lowest BCUT2D eigenvalue weighted by molar-refractivity contribution is -0.143. The lowest BCUT2D eigenvalue weighted by Crippen LogP contribution is -2.35. The van der Waals surface area contributed by atoms with Gasteiger partial charge in [-0.3, -0.25) is 23.9 Å². The van der Waals surface area contributed by atoms with Crippen LogP contribution in [0.1, 0.15) is 92.0 Å². The molecule has 0 bridgehead atoms. The number of rotatable bonds is 16. The van der Waals surface area contributed by atoms with Gasteiger partial charge < -0.3 is 23.8 Å². The summed E-state index contributed by atoms with van der Waals surface area (Å²) in [4.78, 5) is 52.5. The van der Waals surface area contributed by atoms with E-state index in [4.69, 9.17) is 23.8 Å². The van der Waals surface area contributed by atoms with Crippen LogP contribution in [0, 0.1) is 16.7 Å². The molecule has 2 heterocycles. The second-order valence-electron chi connectivity index (χ2n) is 13.4. The largest absolute Gasteiger partial charge is 0.426 e. The molecule has 1 amide bonds. The van der Waals surface area contributed by atoms with Crippen LogP contribution in [0.3, 0.4) is 0 Å². The second-order valence-corrected chi connectivity index (χ2v) is 14.8. The van der Waals surface area contributed by atoms with Gasteiger partial charge >= 0.3 is 11.7 Å². The Morgan fingerprint density at radius 1 is 1.18 bits per heavy atom. The third-order valence-electron chi connectivity index (χ3n) is 7.65. The summed E-state index contributed by atoms with van der Waals surface area (Å²) in [6.45, 7) is 16.1. The second kappa shape index (κ2) is 18.4. The van der Waals surface area contributed by atoms with Gasteiger partial charge in [-0.05, 0) is 85.1 Å². The van der Waals surface area contributed by atoms with E-state index in [2.05, 4.69) is 48.7 Å². The average Bonchev–Trinajstić information content (AvgIpc) is 3.43. The van der Waals surface area contributed by atoms with Gasteiger partial charge in [0.15, 0.2) is 0 Å². The molecule has 3 rings (SSSR count). The minimum atomic E-state index is -1.52. The van der Waals surface area contributed by atoms with Crippen LogP contribution in [-0.2, 0) is 29.8 Å². The van der Waals surface area contributed by atoms with Crippen molar-refractivity contribution in [1.82, 2.24) is 19.5 Å². The molecule has 0 aliphatic carbocycles. The van der Waals surface area contributed by atoms with Crippen LogP contribution in [0.25, 0.3) is 6.08 Å². The summed E-state index contributed by atoms with van der Waals surface area (Å²) < 4.78 is 27.7. The number of amides is 1. The quantitative estimate of drug-likeness (QED) is 0.0781. The highest BCUT2D eigenvalue weighted by molar-refractivity contribution is 7.44. The number of carbonyl (C=O) groups is 2.